The molecule has 0 bridgehead atoms. The average molecular weight is 248 g/mol. The molecule has 0 aliphatic carbocycles. The first-order valence-corrected chi connectivity index (χ1v) is 6.58. The maximum absolute atomic E-state index is 5.55. The Morgan fingerprint density at radius 3 is 3.06 bits per heavy atom. The van der Waals surface area contributed by atoms with Gasteiger partial charge in [-0.05, 0) is 6.92 Å². The topological polar surface area (TPSA) is 24.5 Å². The lowest BCUT2D eigenvalue weighted by Crippen LogP contribution is -2.45. The standard InChI is InChI=1S/C13H16N2OS/c1-3-9-17-13-12-8-6-5-7-11(12)10-14-15(13)16-4-2/h3,5-8,10,14H,1,4,9H2,2H3. The molecule has 90 valence electrons. The molecular formula is C13H16N2OS. The number of nitrogens with zero attached hydrogens (tertiary/aromatic N) is 1. The lowest BCUT2D eigenvalue weighted by molar-refractivity contribution is -0.125. The Morgan fingerprint density at radius 2 is 2.29 bits per heavy atom. The highest BCUT2D eigenvalue weighted by molar-refractivity contribution is 8.07. The van der Waals surface area contributed by atoms with Crippen molar-refractivity contribution in [3.05, 3.63) is 47.4 Å². The molecule has 1 aromatic carbocycles. The molecule has 0 saturated carbocycles. The molecule has 0 radical (unpaired) electrons. The Bertz CT molecular complexity index is 512. The number of fused-ring (bicyclic) bond motifs is 1. The van der Waals surface area contributed by atoms with Crippen molar-refractivity contribution in [1.29, 1.82) is 0 Å². The van der Waals surface area contributed by atoms with Crippen LogP contribution in [0.25, 0.3) is 11.2 Å². The van der Waals surface area contributed by atoms with E-state index in [4.69, 9.17) is 4.84 Å². The number of benzene rings is 1. The van der Waals surface area contributed by atoms with E-state index in [1.54, 1.807) is 16.9 Å². The molecule has 1 N–H and O–H groups in total. The van der Waals surface area contributed by atoms with E-state index in [9.17, 15) is 0 Å². The zero-order valence-electron chi connectivity index (χ0n) is 9.85. The molecule has 0 unspecified atom stereocenters. The molecule has 2 rings (SSSR count). The minimum absolute atomic E-state index is 0.626. The summed E-state index contributed by atoms with van der Waals surface area (Å²) in [7, 11) is 0. The van der Waals surface area contributed by atoms with Crippen LogP contribution in [0.5, 0.6) is 0 Å². The van der Waals surface area contributed by atoms with Gasteiger partial charge >= 0.3 is 0 Å². The number of nitrogens with one attached hydrogen (secondary N) is 1. The van der Waals surface area contributed by atoms with Gasteiger partial charge in [-0.25, -0.2) is 0 Å². The number of hydrazine groups is 1. The van der Waals surface area contributed by atoms with Crippen LogP contribution in [0.1, 0.15) is 6.92 Å². The van der Waals surface area contributed by atoms with Crippen LogP contribution >= 0.6 is 11.8 Å². The van der Waals surface area contributed by atoms with Crippen molar-refractivity contribution in [2.24, 2.45) is 0 Å². The number of hydroxylamine groups is 1. The van der Waals surface area contributed by atoms with Gasteiger partial charge < -0.3 is 0 Å². The van der Waals surface area contributed by atoms with Crippen LogP contribution in [0.15, 0.2) is 36.9 Å². The van der Waals surface area contributed by atoms with Crippen LogP contribution in [0.2, 0.25) is 0 Å². The highest BCUT2D eigenvalue weighted by atomic mass is 32.2. The van der Waals surface area contributed by atoms with E-state index in [0.29, 0.717) is 6.61 Å². The summed E-state index contributed by atoms with van der Waals surface area (Å²) in [4.78, 5) is 5.55. The van der Waals surface area contributed by atoms with Crippen LogP contribution in [0.3, 0.4) is 0 Å². The second-order valence-electron chi connectivity index (χ2n) is 3.48. The Kier molecular flexibility index (Phi) is 4.12. The van der Waals surface area contributed by atoms with Crippen molar-refractivity contribution in [3.8, 4) is 0 Å². The molecule has 0 atom stereocenters. The van der Waals surface area contributed by atoms with E-state index >= 15 is 0 Å². The van der Waals surface area contributed by atoms with Gasteiger partial charge in [0.2, 0.25) is 0 Å². The Labute approximate surface area is 105 Å². The van der Waals surface area contributed by atoms with Crippen molar-refractivity contribution >= 4 is 23.0 Å². The summed E-state index contributed by atoms with van der Waals surface area (Å²) in [6, 6.07) is 8.25. The van der Waals surface area contributed by atoms with Gasteiger partial charge in [-0.1, -0.05) is 42.1 Å². The van der Waals surface area contributed by atoms with Crippen molar-refractivity contribution in [2.75, 3.05) is 12.4 Å². The van der Waals surface area contributed by atoms with E-state index in [2.05, 4.69) is 24.1 Å². The first kappa shape index (κ1) is 12.1. The molecule has 4 heteroatoms. The van der Waals surface area contributed by atoms with E-state index in [0.717, 1.165) is 10.8 Å². The van der Waals surface area contributed by atoms with Gasteiger partial charge in [-0.15, -0.1) is 6.58 Å². The zero-order chi connectivity index (χ0) is 12.1. The minimum atomic E-state index is 0.626. The fourth-order valence-corrected chi connectivity index (χ4v) is 2.45. The van der Waals surface area contributed by atoms with Crippen molar-refractivity contribution in [1.82, 2.24) is 10.6 Å². The summed E-state index contributed by atoms with van der Waals surface area (Å²) in [5.74, 6) is 0.856. The summed E-state index contributed by atoms with van der Waals surface area (Å²) < 4.78 is 0. The molecule has 1 heterocycles. The van der Waals surface area contributed by atoms with Crippen molar-refractivity contribution < 1.29 is 4.84 Å². The van der Waals surface area contributed by atoms with Crippen molar-refractivity contribution in [3.63, 3.8) is 0 Å². The van der Waals surface area contributed by atoms with E-state index < -0.39 is 0 Å². The molecular weight excluding hydrogens is 232 g/mol. The fraction of sp³-hybridized carbons (Fsp3) is 0.231. The predicted octanol–water partition coefficient (Wildman–Crippen LogP) is 1.18. The highest BCUT2D eigenvalue weighted by Gasteiger charge is 2.13. The van der Waals surface area contributed by atoms with Gasteiger partial charge in [0.05, 0.1) is 6.61 Å². The van der Waals surface area contributed by atoms with Crippen LogP contribution in [-0.4, -0.2) is 17.5 Å². The molecule has 0 amide bonds. The molecule has 1 aromatic rings. The summed E-state index contributed by atoms with van der Waals surface area (Å²) in [5, 5.41) is 5.16. The number of hydrogen-bond donors (Lipinski definition) is 1. The Morgan fingerprint density at radius 1 is 1.47 bits per heavy atom. The molecule has 0 aromatic heterocycles. The number of hydrogen-bond acceptors (Lipinski definition) is 4. The lowest BCUT2D eigenvalue weighted by atomic mass is 10.2. The van der Waals surface area contributed by atoms with E-state index in [1.165, 1.54) is 10.4 Å². The largest absolute Gasteiger partial charge is 0.281 e. The second-order valence-corrected chi connectivity index (χ2v) is 4.49. The first-order valence-electron chi connectivity index (χ1n) is 5.59. The van der Waals surface area contributed by atoms with Gasteiger partial charge in [-0.3, -0.25) is 10.3 Å². The minimum Gasteiger partial charge on any atom is -0.281 e. The predicted molar refractivity (Wildman–Crippen MR) is 72.8 cm³/mol. The number of thioether (sulfide) groups is 1. The van der Waals surface area contributed by atoms with Gasteiger partial charge in [0.15, 0.2) is 0 Å². The van der Waals surface area contributed by atoms with Crippen LogP contribution in [0.4, 0.5) is 0 Å². The fourth-order valence-electron chi connectivity index (χ4n) is 1.61. The normalized spacial score (nSPS) is 13.7. The van der Waals surface area contributed by atoms with E-state index in [1.807, 2.05) is 31.3 Å². The van der Waals surface area contributed by atoms with E-state index in [-0.39, 0.29) is 0 Å². The number of rotatable bonds is 5. The van der Waals surface area contributed by atoms with Gasteiger partial charge in [0.25, 0.3) is 0 Å². The molecule has 1 aliphatic heterocycles. The smallest absolute Gasteiger partial charge is 0.129 e. The summed E-state index contributed by atoms with van der Waals surface area (Å²) in [6.07, 6.45) is 3.84. The Hall–Kier alpha value is -1.39. The third-order valence-corrected chi connectivity index (χ3v) is 3.37. The molecule has 0 saturated heterocycles. The second kappa shape index (κ2) is 5.80. The summed E-state index contributed by atoms with van der Waals surface area (Å²) >= 11 is 1.71. The summed E-state index contributed by atoms with van der Waals surface area (Å²) in [5.41, 5.74) is 3.13. The molecule has 17 heavy (non-hydrogen) atoms. The molecule has 0 spiro atoms. The Balaban J connectivity index is 2.46. The lowest BCUT2D eigenvalue weighted by Gasteiger charge is -2.27. The quantitative estimate of drug-likeness (QED) is 0.791. The zero-order valence-corrected chi connectivity index (χ0v) is 10.7. The average Bonchev–Trinajstić information content (AvgIpc) is 2.37. The molecule has 3 nitrogen and oxygen atoms in total. The van der Waals surface area contributed by atoms with Crippen LogP contribution in [-0.2, 0) is 4.84 Å². The van der Waals surface area contributed by atoms with Gasteiger partial charge in [0.1, 0.15) is 5.03 Å². The third kappa shape index (κ3) is 2.65. The van der Waals surface area contributed by atoms with Crippen molar-refractivity contribution in [2.45, 2.75) is 6.92 Å². The highest BCUT2D eigenvalue weighted by Crippen LogP contribution is 2.19. The molecule has 1 aliphatic rings. The first-order chi connectivity index (χ1) is 8.36. The summed E-state index contributed by atoms with van der Waals surface area (Å²) in [6.45, 7) is 6.35. The molecule has 0 fully saturated rings. The SMILES string of the molecule is C=CCSC1=c2ccccc2=CNN1OCC. The maximum atomic E-state index is 5.55. The van der Waals surface area contributed by atoms with Crippen LogP contribution < -0.4 is 15.9 Å². The monoisotopic (exact) mass is 248 g/mol. The maximum Gasteiger partial charge on any atom is 0.129 e. The van der Waals surface area contributed by atoms with Gasteiger partial charge in [-0.2, -0.15) is 5.17 Å². The van der Waals surface area contributed by atoms with Crippen LogP contribution in [0, 0.1) is 0 Å². The van der Waals surface area contributed by atoms with Gasteiger partial charge in [0, 0.05) is 22.4 Å². The third-order valence-electron chi connectivity index (χ3n) is 2.31.